The minimum absolute atomic E-state index is 0.0175. The fraction of sp³-hybridized carbons (Fsp3) is 0.0833. The van der Waals surface area contributed by atoms with E-state index < -0.39 is 16.9 Å². The van der Waals surface area contributed by atoms with Gasteiger partial charge in [-0.15, -0.1) is 0 Å². The maximum Gasteiger partial charge on any atom is 0.291 e. The maximum absolute atomic E-state index is 13.4. The van der Waals surface area contributed by atoms with Crippen molar-refractivity contribution in [2.45, 2.75) is 12.6 Å². The molecule has 1 aliphatic rings. The lowest BCUT2D eigenvalue weighted by molar-refractivity contribution is -0.384. The molecule has 1 aromatic heterocycles. The number of nitrogens with zero attached hydrogens (tertiary/aromatic N) is 2. The van der Waals surface area contributed by atoms with Crippen LogP contribution < -0.4 is 5.43 Å². The third-order valence-electron chi connectivity index (χ3n) is 5.47. The molecule has 5 rings (SSSR count). The van der Waals surface area contributed by atoms with Crippen LogP contribution >= 0.6 is 0 Å². The fourth-order valence-electron chi connectivity index (χ4n) is 4.07. The summed E-state index contributed by atoms with van der Waals surface area (Å²) in [5, 5.41) is 11.7. The molecule has 0 saturated carbocycles. The standard InChI is InChI=1S/C24H16N2O5/c27-22-18-11-4-5-12-19(18)31-23-20(22)21(16-9-6-10-17(13-16)26(29)30)25(24(23)28)14-15-7-2-1-3-8-15/h1-13,21H,14H2. The van der Waals surface area contributed by atoms with Gasteiger partial charge in [-0.3, -0.25) is 19.7 Å². The highest BCUT2D eigenvalue weighted by Gasteiger charge is 2.43. The van der Waals surface area contributed by atoms with Gasteiger partial charge in [0.05, 0.1) is 21.9 Å². The molecule has 0 fully saturated rings. The molecule has 7 nitrogen and oxygen atoms in total. The number of para-hydroxylation sites is 1. The minimum Gasteiger partial charge on any atom is -0.450 e. The highest BCUT2D eigenvalue weighted by Crippen LogP contribution is 2.39. The Hall–Kier alpha value is -4.26. The summed E-state index contributed by atoms with van der Waals surface area (Å²) in [4.78, 5) is 39.1. The average Bonchev–Trinajstić information content (AvgIpc) is 3.06. The fourth-order valence-corrected chi connectivity index (χ4v) is 4.07. The Morgan fingerprint density at radius 3 is 2.45 bits per heavy atom. The van der Waals surface area contributed by atoms with Gasteiger partial charge in [0, 0.05) is 18.7 Å². The Balaban J connectivity index is 1.74. The summed E-state index contributed by atoms with van der Waals surface area (Å²) in [6, 6.07) is 21.4. The molecule has 31 heavy (non-hydrogen) atoms. The zero-order chi connectivity index (χ0) is 21.5. The molecule has 0 saturated heterocycles. The Kier molecular flexibility index (Phi) is 4.36. The van der Waals surface area contributed by atoms with Crippen molar-refractivity contribution >= 4 is 22.6 Å². The minimum atomic E-state index is -0.788. The number of non-ortho nitro benzene ring substituents is 1. The molecule has 0 radical (unpaired) electrons. The van der Waals surface area contributed by atoms with Crippen molar-refractivity contribution in [2.24, 2.45) is 0 Å². The van der Waals surface area contributed by atoms with Crippen molar-refractivity contribution in [1.29, 1.82) is 0 Å². The van der Waals surface area contributed by atoms with Gasteiger partial charge in [0.1, 0.15) is 5.58 Å². The first-order valence-corrected chi connectivity index (χ1v) is 9.69. The normalized spacial score (nSPS) is 15.3. The molecule has 152 valence electrons. The van der Waals surface area contributed by atoms with Crippen LogP contribution in [0.15, 0.2) is 88.1 Å². The largest absolute Gasteiger partial charge is 0.450 e. The average molecular weight is 412 g/mol. The maximum atomic E-state index is 13.4. The van der Waals surface area contributed by atoms with Gasteiger partial charge in [-0.25, -0.2) is 0 Å². The molecule has 0 spiro atoms. The lowest BCUT2D eigenvalue weighted by Crippen LogP contribution is -2.29. The second-order valence-corrected chi connectivity index (χ2v) is 7.34. The van der Waals surface area contributed by atoms with E-state index >= 15 is 0 Å². The molecule has 3 aromatic carbocycles. The quantitative estimate of drug-likeness (QED) is 0.365. The monoisotopic (exact) mass is 412 g/mol. The number of fused-ring (bicyclic) bond motifs is 2. The van der Waals surface area contributed by atoms with Gasteiger partial charge in [-0.2, -0.15) is 0 Å². The molecule has 2 heterocycles. The zero-order valence-electron chi connectivity index (χ0n) is 16.2. The molecule has 1 amide bonds. The number of hydrogen-bond donors (Lipinski definition) is 0. The van der Waals surface area contributed by atoms with Crippen LogP contribution in [-0.4, -0.2) is 15.7 Å². The molecule has 0 aliphatic carbocycles. The molecule has 0 N–H and O–H groups in total. The molecule has 1 atom stereocenters. The van der Waals surface area contributed by atoms with E-state index in [1.807, 2.05) is 30.3 Å². The second kappa shape index (κ2) is 7.21. The molecule has 1 unspecified atom stereocenters. The van der Waals surface area contributed by atoms with Crippen LogP contribution in [-0.2, 0) is 6.54 Å². The number of carbonyl (C=O) groups is 1. The number of hydrogen-bond acceptors (Lipinski definition) is 5. The summed E-state index contributed by atoms with van der Waals surface area (Å²) < 4.78 is 5.87. The SMILES string of the molecule is O=C1c2oc3ccccc3c(=O)c2C(c2cccc([N+](=O)[O-])c2)N1Cc1ccccc1. The Labute approximate surface area is 176 Å². The van der Waals surface area contributed by atoms with Crippen molar-refractivity contribution < 1.29 is 14.1 Å². The highest BCUT2D eigenvalue weighted by atomic mass is 16.6. The van der Waals surface area contributed by atoms with Gasteiger partial charge in [0.2, 0.25) is 5.76 Å². The van der Waals surface area contributed by atoms with E-state index in [4.69, 9.17) is 4.42 Å². The Bertz CT molecular complexity index is 1390. The predicted molar refractivity (Wildman–Crippen MR) is 114 cm³/mol. The second-order valence-electron chi connectivity index (χ2n) is 7.34. The van der Waals surface area contributed by atoms with Crippen molar-refractivity contribution in [1.82, 2.24) is 4.90 Å². The third-order valence-corrected chi connectivity index (χ3v) is 5.47. The smallest absolute Gasteiger partial charge is 0.291 e. The predicted octanol–water partition coefficient (Wildman–Crippen LogP) is 4.45. The molecule has 4 aromatic rings. The van der Waals surface area contributed by atoms with Crippen LogP contribution in [0.3, 0.4) is 0 Å². The van der Waals surface area contributed by atoms with Crippen LogP contribution in [0, 0.1) is 10.1 Å². The summed E-state index contributed by atoms with van der Waals surface area (Å²) >= 11 is 0. The van der Waals surface area contributed by atoms with Crippen LogP contribution in [0.25, 0.3) is 11.0 Å². The molecular weight excluding hydrogens is 396 g/mol. The van der Waals surface area contributed by atoms with Crippen LogP contribution in [0.4, 0.5) is 5.69 Å². The lowest BCUT2D eigenvalue weighted by Gasteiger charge is -2.25. The summed E-state index contributed by atoms with van der Waals surface area (Å²) in [7, 11) is 0. The first-order chi connectivity index (χ1) is 15.0. The van der Waals surface area contributed by atoms with E-state index in [2.05, 4.69) is 0 Å². The number of amides is 1. The zero-order valence-corrected chi connectivity index (χ0v) is 16.2. The molecular formula is C24H16N2O5. The van der Waals surface area contributed by atoms with Gasteiger partial charge < -0.3 is 9.32 Å². The number of rotatable bonds is 4. The summed E-state index contributed by atoms with van der Waals surface area (Å²) in [5.41, 5.74) is 1.48. The number of nitro benzene ring substituents is 1. The van der Waals surface area contributed by atoms with Gasteiger partial charge in [-0.05, 0) is 23.3 Å². The lowest BCUT2D eigenvalue weighted by atomic mass is 9.98. The van der Waals surface area contributed by atoms with Crippen molar-refractivity contribution in [2.75, 3.05) is 0 Å². The topological polar surface area (TPSA) is 93.7 Å². The third kappa shape index (κ3) is 3.07. The van der Waals surface area contributed by atoms with Gasteiger partial charge in [0.15, 0.2) is 5.43 Å². The summed E-state index contributed by atoms with van der Waals surface area (Å²) in [6.07, 6.45) is 0. The van der Waals surface area contributed by atoms with Gasteiger partial charge in [-0.1, -0.05) is 54.6 Å². The van der Waals surface area contributed by atoms with E-state index in [9.17, 15) is 19.7 Å². The summed E-state index contributed by atoms with van der Waals surface area (Å²) in [6.45, 7) is 0.229. The van der Waals surface area contributed by atoms with Crippen molar-refractivity contribution in [3.63, 3.8) is 0 Å². The number of nitro groups is 1. The van der Waals surface area contributed by atoms with E-state index in [1.54, 1.807) is 36.4 Å². The van der Waals surface area contributed by atoms with Crippen molar-refractivity contribution in [3.8, 4) is 0 Å². The first kappa shape index (κ1) is 18.7. The molecule has 7 heteroatoms. The molecule has 0 bridgehead atoms. The summed E-state index contributed by atoms with van der Waals surface area (Å²) in [5.74, 6) is -0.436. The number of carbonyl (C=O) groups excluding carboxylic acids is 1. The first-order valence-electron chi connectivity index (χ1n) is 9.69. The van der Waals surface area contributed by atoms with Gasteiger partial charge in [0.25, 0.3) is 11.6 Å². The van der Waals surface area contributed by atoms with Crippen LogP contribution in [0.2, 0.25) is 0 Å². The van der Waals surface area contributed by atoms with E-state index in [-0.39, 0.29) is 29.0 Å². The van der Waals surface area contributed by atoms with Crippen LogP contribution in [0.5, 0.6) is 0 Å². The van der Waals surface area contributed by atoms with E-state index in [0.717, 1.165) is 5.56 Å². The Morgan fingerprint density at radius 1 is 0.935 bits per heavy atom. The van der Waals surface area contributed by atoms with Crippen LogP contribution in [0.1, 0.15) is 33.3 Å². The van der Waals surface area contributed by atoms with E-state index in [1.165, 1.54) is 17.0 Å². The highest BCUT2D eigenvalue weighted by molar-refractivity contribution is 5.99. The number of benzene rings is 3. The van der Waals surface area contributed by atoms with Gasteiger partial charge >= 0.3 is 0 Å². The Morgan fingerprint density at radius 2 is 1.68 bits per heavy atom. The van der Waals surface area contributed by atoms with Crippen molar-refractivity contribution in [3.05, 3.63) is 122 Å². The van der Waals surface area contributed by atoms with E-state index in [0.29, 0.717) is 16.5 Å². The molecule has 1 aliphatic heterocycles.